The summed E-state index contributed by atoms with van der Waals surface area (Å²) >= 11 is 0. The zero-order valence-corrected chi connectivity index (χ0v) is 20.4. The number of carbonyl (C=O) groups is 2. The van der Waals surface area contributed by atoms with Gasteiger partial charge in [-0.3, -0.25) is 9.59 Å². The Labute approximate surface area is 201 Å². The molecule has 2 N–H and O–H groups in total. The highest BCUT2D eigenvalue weighted by Crippen LogP contribution is 2.62. The summed E-state index contributed by atoms with van der Waals surface area (Å²) in [5, 5.41) is 0. The molecule has 3 aliphatic carbocycles. The largest absolute Gasteiger partial charge is 0.481 e. The first-order valence-corrected chi connectivity index (χ1v) is 12.6. The number of nitrogens with two attached hydrogens (primary N) is 1. The third-order valence-electron chi connectivity index (χ3n) is 8.32. The maximum Gasteiger partial charge on any atom is 0.308 e. The zero-order chi connectivity index (χ0) is 24.0. The maximum atomic E-state index is 11.7. The molecule has 7 nitrogen and oxygen atoms in total. The Kier molecular flexibility index (Phi) is 6.19. The third kappa shape index (κ3) is 3.83. The average molecular weight is 469 g/mol. The van der Waals surface area contributed by atoms with Gasteiger partial charge in [-0.2, -0.15) is 0 Å². The molecule has 2 bridgehead atoms. The Morgan fingerprint density at radius 2 is 1.88 bits per heavy atom. The minimum absolute atomic E-state index is 0.245. The second-order valence-corrected chi connectivity index (χ2v) is 10.5. The number of nitrogens with zero attached hydrogens (tertiary/aromatic N) is 1. The van der Waals surface area contributed by atoms with Crippen LogP contribution in [0.5, 0.6) is 11.5 Å². The highest BCUT2D eigenvalue weighted by molar-refractivity contribution is 5.73. The number of likely N-dealkylation sites (N-methyl/N-ethyl adjacent to an activating group) is 1. The van der Waals surface area contributed by atoms with Gasteiger partial charge in [-0.15, -0.1) is 0 Å². The molecule has 2 aliphatic heterocycles. The predicted molar refractivity (Wildman–Crippen MR) is 128 cm³/mol. The summed E-state index contributed by atoms with van der Waals surface area (Å²) in [5.74, 6) is 0.712. The summed E-state index contributed by atoms with van der Waals surface area (Å²) in [6.45, 7) is 3.77. The first-order chi connectivity index (χ1) is 16.3. The summed E-state index contributed by atoms with van der Waals surface area (Å²) in [7, 11) is 2.17. The van der Waals surface area contributed by atoms with Crippen LogP contribution in [0.3, 0.4) is 0 Å². The summed E-state index contributed by atoms with van der Waals surface area (Å²) in [6.07, 6.45) is 12.0. The van der Waals surface area contributed by atoms with E-state index in [1.54, 1.807) is 0 Å². The van der Waals surface area contributed by atoms with Crippen LogP contribution in [-0.4, -0.2) is 54.7 Å². The van der Waals surface area contributed by atoms with Crippen LogP contribution in [0.25, 0.3) is 0 Å². The van der Waals surface area contributed by atoms with Gasteiger partial charge in [-0.05, 0) is 57.0 Å². The van der Waals surface area contributed by atoms with Gasteiger partial charge >= 0.3 is 11.9 Å². The first-order valence-electron chi connectivity index (χ1n) is 12.6. The van der Waals surface area contributed by atoms with Crippen molar-refractivity contribution in [3.8, 4) is 11.5 Å². The van der Waals surface area contributed by atoms with Crippen LogP contribution >= 0.6 is 0 Å². The molecular weight excluding hydrogens is 432 g/mol. The Morgan fingerprint density at radius 3 is 2.53 bits per heavy atom. The lowest BCUT2D eigenvalue weighted by Gasteiger charge is -2.56. The molecule has 6 rings (SSSR count). The van der Waals surface area contributed by atoms with Crippen LogP contribution in [-0.2, 0) is 26.2 Å². The molecule has 7 heteroatoms. The second-order valence-electron chi connectivity index (χ2n) is 10.5. The van der Waals surface area contributed by atoms with Crippen LogP contribution in [0.15, 0.2) is 24.3 Å². The molecule has 1 spiro atoms. The van der Waals surface area contributed by atoms with Gasteiger partial charge in [0.1, 0.15) is 6.10 Å². The van der Waals surface area contributed by atoms with E-state index in [4.69, 9.17) is 19.9 Å². The van der Waals surface area contributed by atoms with Crippen molar-refractivity contribution in [1.82, 2.24) is 4.90 Å². The van der Waals surface area contributed by atoms with Crippen LogP contribution in [0, 0.1) is 5.92 Å². The fourth-order valence-electron chi connectivity index (χ4n) is 6.87. The lowest BCUT2D eigenvalue weighted by molar-refractivity contribution is -0.152. The monoisotopic (exact) mass is 468 g/mol. The van der Waals surface area contributed by atoms with E-state index in [9.17, 15) is 9.59 Å². The topological polar surface area (TPSA) is 91.1 Å². The minimum atomic E-state index is -0.439. The number of rotatable bonds is 2. The number of esters is 2. The van der Waals surface area contributed by atoms with E-state index >= 15 is 0 Å². The van der Waals surface area contributed by atoms with E-state index < -0.39 is 6.10 Å². The molecule has 34 heavy (non-hydrogen) atoms. The molecule has 0 amide bonds. The van der Waals surface area contributed by atoms with Crippen molar-refractivity contribution in [2.75, 3.05) is 13.6 Å². The average Bonchev–Trinajstić information content (AvgIpc) is 3.14. The van der Waals surface area contributed by atoms with E-state index in [-0.39, 0.29) is 29.4 Å². The fourth-order valence-corrected chi connectivity index (χ4v) is 6.87. The highest BCUT2D eigenvalue weighted by Gasteiger charge is 2.65. The minimum Gasteiger partial charge on any atom is -0.481 e. The molecule has 2 heterocycles. The quantitative estimate of drug-likeness (QED) is 0.405. The summed E-state index contributed by atoms with van der Waals surface area (Å²) < 4.78 is 17.5. The van der Waals surface area contributed by atoms with E-state index in [0.717, 1.165) is 24.9 Å². The number of benzene rings is 1. The van der Waals surface area contributed by atoms with Gasteiger partial charge in [0.05, 0.1) is 0 Å². The van der Waals surface area contributed by atoms with Crippen molar-refractivity contribution >= 4 is 11.9 Å². The number of ether oxygens (including phenoxy) is 3. The van der Waals surface area contributed by atoms with Crippen LogP contribution in [0.2, 0.25) is 0 Å². The number of hydrogen-bond donors (Lipinski definition) is 1. The SMILES string of the molecule is CC(=O)Oc1ccc2c3c1O[C@H]1[C@@H](OC(C)=O)C=C[C@H]4[C@@H](C2)N(C)CC[C@@]341.NC1CCCCC1. The van der Waals surface area contributed by atoms with Gasteiger partial charge < -0.3 is 24.8 Å². The molecule has 1 aromatic carbocycles. The molecule has 1 saturated heterocycles. The van der Waals surface area contributed by atoms with Gasteiger partial charge in [0.15, 0.2) is 17.6 Å². The lowest BCUT2D eigenvalue weighted by atomic mass is 9.53. The third-order valence-corrected chi connectivity index (χ3v) is 8.32. The van der Waals surface area contributed by atoms with E-state index in [0.29, 0.717) is 23.6 Å². The first kappa shape index (κ1) is 23.4. The van der Waals surface area contributed by atoms with E-state index in [2.05, 4.69) is 24.1 Å². The summed E-state index contributed by atoms with van der Waals surface area (Å²) in [4.78, 5) is 25.7. The fraction of sp³-hybridized carbons (Fsp3) is 0.630. The molecule has 1 aromatic rings. The van der Waals surface area contributed by atoms with Gasteiger partial charge in [-0.1, -0.05) is 31.4 Å². The van der Waals surface area contributed by atoms with Crippen molar-refractivity contribution in [2.45, 2.75) is 88.5 Å². The molecule has 5 aliphatic rings. The molecule has 2 fully saturated rings. The molecule has 0 radical (unpaired) electrons. The van der Waals surface area contributed by atoms with Crippen molar-refractivity contribution in [1.29, 1.82) is 0 Å². The highest BCUT2D eigenvalue weighted by atomic mass is 16.6. The molecular formula is C27H36N2O5. The van der Waals surface area contributed by atoms with Crippen molar-refractivity contribution < 1.29 is 23.8 Å². The smallest absolute Gasteiger partial charge is 0.308 e. The normalized spacial score (nSPS) is 33.2. The molecule has 5 atom stereocenters. The van der Waals surface area contributed by atoms with Crippen LogP contribution < -0.4 is 15.2 Å². The van der Waals surface area contributed by atoms with Crippen LogP contribution in [0.4, 0.5) is 0 Å². The van der Waals surface area contributed by atoms with Gasteiger partial charge in [0.25, 0.3) is 0 Å². The predicted octanol–water partition coefficient (Wildman–Crippen LogP) is 3.27. The lowest BCUT2D eigenvalue weighted by Crippen LogP contribution is -2.65. The molecule has 184 valence electrons. The molecule has 0 unspecified atom stereocenters. The molecule has 0 aromatic heterocycles. The Bertz CT molecular complexity index is 1000. The maximum absolute atomic E-state index is 11.7. The van der Waals surface area contributed by atoms with Gasteiger partial charge in [0, 0.05) is 42.8 Å². The summed E-state index contributed by atoms with van der Waals surface area (Å²) in [5.41, 5.74) is 7.79. The Balaban J connectivity index is 0.000000297. The standard InChI is InChI=1S/C21H23NO5.C6H13N/c1-11(23)25-16-6-4-13-10-15-14-5-7-17(26-12(2)24)20-21(14,8-9-22(15)3)18(13)19(16)27-20;7-6-4-2-1-3-5-6/h4-7,14-15,17,20H,8-10H2,1-3H3;6H,1-5,7H2/t14-,15+,17-,20-,21-;/m0./s1. The van der Waals surface area contributed by atoms with Gasteiger partial charge in [0.2, 0.25) is 0 Å². The van der Waals surface area contributed by atoms with Crippen LogP contribution in [0.1, 0.15) is 63.5 Å². The second kappa shape index (κ2) is 9.00. The Hall–Kier alpha value is -2.38. The number of carbonyl (C=O) groups excluding carboxylic acids is 2. The van der Waals surface area contributed by atoms with Crippen molar-refractivity contribution in [3.05, 3.63) is 35.4 Å². The van der Waals surface area contributed by atoms with E-state index in [1.165, 1.54) is 51.5 Å². The zero-order valence-electron chi connectivity index (χ0n) is 20.4. The van der Waals surface area contributed by atoms with Crippen molar-refractivity contribution in [3.63, 3.8) is 0 Å². The molecule has 1 saturated carbocycles. The number of piperidine rings is 1. The van der Waals surface area contributed by atoms with E-state index in [1.807, 2.05) is 12.1 Å². The Morgan fingerprint density at radius 1 is 1.12 bits per heavy atom. The van der Waals surface area contributed by atoms with Crippen molar-refractivity contribution in [2.24, 2.45) is 11.7 Å². The number of likely N-dealkylation sites (tertiary alicyclic amines) is 1. The van der Waals surface area contributed by atoms with Gasteiger partial charge in [-0.25, -0.2) is 0 Å². The number of hydrogen-bond acceptors (Lipinski definition) is 7. The summed E-state index contributed by atoms with van der Waals surface area (Å²) in [6, 6.07) is 4.81.